The van der Waals surface area contributed by atoms with E-state index in [1.165, 1.54) is 6.07 Å². The molecule has 2 aliphatic rings. The van der Waals surface area contributed by atoms with Crippen LogP contribution in [0.2, 0.25) is 0 Å². The van der Waals surface area contributed by atoms with Gasteiger partial charge in [0.1, 0.15) is 0 Å². The summed E-state index contributed by atoms with van der Waals surface area (Å²) in [6.07, 6.45) is 2.08. The minimum Gasteiger partial charge on any atom is -0.491 e. The molecule has 1 fully saturated rings. The minimum atomic E-state index is -1.00. The molecule has 1 saturated heterocycles. The highest BCUT2D eigenvalue weighted by Crippen LogP contribution is 2.53. The lowest BCUT2D eigenvalue weighted by Gasteiger charge is -2.30. The van der Waals surface area contributed by atoms with E-state index in [4.69, 9.17) is 9.47 Å². The molecule has 0 spiro atoms. The van der Waals surface area contributed by atoms with Gasteiger partial charge in [-0.2, -0.15) is 0 Å². The third-order valence-electron chi connectivity index (χ3n) is 4.71. The average Bonchev–Trinajstić information content (AvgIpc) is 2.58. The summed E-state index contributed by atoms with van der Waals surface area (Å²) in [5, 5.41) is 0. The number of hydrogen-bond acceptors (Lipinski definition) is 2. The molecule has 1 atom stereocenters. The zero-order valence-corrected chi connectivity index (χ0v) is 13.3. The maximum absolute atomic E-state index is 14.6. The number of benzene rings is 2. The first-order valence-electron chi connectivity index (χ1n) is 8.23. The second kappa shape index (κ2) is 5.81. The van der Waals surface area contributed by atoms with Gasteiger partial charge in [-0.3, -0.25) is 0 Å². The number of halogens is 3. The van der Waals surface area contributed by atoms with Crippen LogP contribution in [0.4, 0.5) is 13.2 Å². The molecule has 1 aliphatic carbocycles. The second-order valence-corrected chi connectivity index (χ2v) is 6.10. The Morgan fingerprint density at radius 1 is 1.04 bits per heavy atom. The first-order chi connectivity index (χ1) is 11.6. The van der Waals surface area contributed by atoms with Crippen LogP contribution in [0.5, 0.6) is 5.75 Å². The summed E-state index contributed by atoms with van der Waals surface area (Å²) in [7, 11) is 0. The fourth-order valence-corrected chi connectivity index (χ4v) is 3.55. The maximum atomic E-state index is 14.6. The second-order valence-electron chi connectivity index (χ2n) is 6.10. The molecule has 0 bridgehead atoms. The quantitative estimate of drug-likeness (QED) is 0.639. The maximum Gasteiger partial charge on any atom is 0.173 e. The standard InChI is InChI=1S/C19H17F3O2/c1-2-23-14-7-6-10-11-9-12(13-5-3-4-8-24-13)17(20)19(22)16(11)15(10)18(14)21/h6-7,9,13H,2-5,8H2,1H3. The Morgan fingerprint density at radius 2 is 1.83 bits per heavy atom. The van der Waals surface area contributed by atoms with Crippen LogP contribution in [0.3, 0.4) is 0 Å². The van der Waals surface area contributed by atoms with E-state index in [2.05, 4.69) is 0 Å². The van der Waals surface area contributed by atoms with Crippen molar-refractivity contribution >= 4 is 0 Å². The number of fused-ring (bicyclic) bond motifs is 4. The van der Waals surface area contributed by atoms with E-state index in [0.29, 0.717) is 30.8 Å². The SMILES string of the molecule is CCOc1ccc2c(c1F)-c1c-2cc(C2CCCCO2)c(F)c1F. The van der Waals surface area contributed by atoms with Crippen LogP contribution in [0.15, 0.2) is 18.2 Å². The summed E-state index contributed by atoms with van der Waals surface area (Å²) in [6.45, 7) is 2.59. The molecule has 1 heterocycles. The summed E-state index contributed by atoms with van der Waals surface area (Å²) in [5.41, 5.74) is 1.45. The zero-order chi connectivity index (χ0) is 16.8. The highest BCUT2D eigenvalue weighted by atomic mass is 19.2. The molecule has 0 N–H and O–H groups in total. The minimum absolute atomic E-state index is 0.00103. The molecule has 1 unspecified atom stereocenters. The van der Waals surface area contributed by atoms with E-state index < -0.39 is 23.6 Å². The van der Waals surface area contributed by atoms with Crippen molar-refractivity contribution in [1.82, 2.24) is 0 Å². The smallest absolute Gasteiger partial charge is 0.173 e. The predicted molar refractivity (Wildman–Crippen MR) is 84.5 cm³/mol. The Morgan fingerprint density at radius 3 is 2.54 bits per heavy atom. The van der Waals surface area contributed by atoms with Crippen LogP contribution in [0.25, 0.3) is 22.3 Å². The van der Waals surface area contributed by atoms with Crippen LogP contribution in [0.1, 0.15) is 37.9 Å². The lowest BCUT2D eigenvalue weighted by molar-refractivity contribution is 0.0125. The van der Waals surface area contributed by atoms with Gasteiger partial charge in [-0.25, -0.2) is 13.2 Å². The molecule has 126 valence electrons. The van der Waals surface area contributed by atoms with Gasteiger partial charge in [0.05, 0.1) is 12.7 Å². The Hall–Kier alpha value is -2.01. The number of rotatable bonds is 3. The van der Waals surface area contributed by atoms with Gasteiger partial charge in [0.25, 0.3) is 0 Å². The molecule has 1 aliphatic heterocycles. The molecule has 24 heavy (non-hydrogen) atoms. The number of ether oxygens (including phenoxy) is 2. The predicted octanol–water partition coefficient (Wildman–Crippen LogP) is 5.39. The normalized spacial score (nSPS) is 18.6. The molecule has 4 rings (SSSR count). The lowest BCUT2D eigenvalue weighted by Crippen LogP contribution is -2.16. The van der Waals surface area contributed by atoms with Gasteiger partial charge in [0.15, 0.2) is 23.2 Å². The first-order valence-corrected chi connectivity index (χ1v) is 8.23. The summed E-state index contributed by atoms with van der Waals surface area (Å²) in [4.78, 5) is 0. The van der Waals surface area contributed by atoms with Gasteiger partial charge in [0.2, 0.25) is 0 Å². The van der Waals surface area contributed by atoms with Gasteiger partial charge >= 0.3 is 0 Å². The monoisotopic (exact) mass is 334 g/mol. The zero-order valence-electron chi connectivity index (χ0n) is 13.3. The highest BCUT2D eigenvalue weighted by molar-refractivity contribution is 6.03. The first kappa shape index (κ1) is 15.5. The molecule has 5 heteroatoms. The Balaban J connectivity index is 1.81. The fourth-order valence-electron chi connectivity index (χ4n) is 3.55. The van der Waals surface area contributed by atoms with Crippen LogP contribution in [0, 0.1) is 17.5 Å². The summed E-state index contributed by atoms with van der Waals surface area (Å²) in [6, 6.07) is 4.82. The van der Waals surface area contributed by atoms with E-state index in [0.717, 1.165) is 12.8 Å². The largest absolute Gasteiger partial charge is 0.491 e. The van der Waals surface area contributed by atoms with Gasteiger partial charge < -0.3 is 9.47 Å². The van der Waals surface area contributed by atoms with Gasteiger partial charge in [-0.15, -0.1) is 0 Å². The van der Waals surface area contributed by atoms with Crippen LogP contribution in [-0.4, -0.2) is 13.2 Å². The van der Waals surface area contributed by atoms with Crippen molar-refractivity contribution in [1.29, 1.82) is 0 Å². The Labute approximate surface area is 138 Å². The molecule has 0 aromatic heterocycles. The van der Waals surface area contributed by atoms with Crippen molar-refractivity contribution < 1.29 is 22.6 Å². The molecule has 0 saturated carbocycles. The summed E-state index contributed by atoms with van der Waals surface area (Å²) in [5.74, 6) is -2.52. The van der Waals surface area contributed by atoms with Crippen molar-refractivity contribution in [3.63, 3.8) is 0 Å². The fraction of sp³-hybridized carbons (Fsp3) is 0.368. The third-order valence-corrected chi connectivity index (χ3v) is 4.71. The molecule has 2 nitrogen and oxygen atoms in total. The Bertz CT molecular complexity index is 811. The van der Waals surface area contributed by atoms with Crippen LogP contribution < -0.4 is 4.74 Å². The van der Waals surface area contributed by atoms with Crippen molar-refractivity contribution in [2.45, 2.75) is 32.3 Å². The molecule has 0 radical (unpaired) electrons. The number of hydrogen-bond donors (Lipinski definition) is 0. The molecule has 0 amide bonds. The van der Waals surface area contributed by atoms with E-state index in [1.54, 1.807) is 19.1 Å². The highest BCUT2D eigenvalue weighted by Gasteiger charge is 2.35. The van der Waals surface area contributed by atoms with Crippen molar-refractivity contribution in [2.24, 2.45) is 0 Å². The molecule has 2 aromatic rings. The van der Waals surface area contributed by atoms with Crippen LogP contribution in [-0.2, 0) is 4.74 Å². The van der Waals surface area contributed by atoms with Crippen molar-refractivity contribution in [3.05, 3.63) is 41.2 Å². The summed E-state index contributed by atoms with van der Waals surface area (Å²) >= 11 is 0. The average molecular weight is 334 g/mol. The summed E-state index contributed by atoms with van der Waals surface area (Å²) < 4.78 is 54.4. The molecular weight excluding hydrogens is 317 g/mol. The van der Waals surface area contributed by atoms with Crippen LogP contribution >= 0.6 is 0 Å². The topological polar surface area (TPSA) is 18.5 Å². The van der Waals surface area contributed by atoms with E-state index in [9.17, 15) is 13.2 Å². The Kier molecular flexibility index (Phi) is 3.76. The lowest BCUT2D eigenvalue weighted by atomic mass is 9.78. The van der Waals surface area contributed by atoms with Crippen molar-refractivity contribution in [3.8, 4) is 28.0 Å². The molecule has 2 aromatic carbocycles. The van der Waals surface area contributed by atoms with Crippen molar-refractivity contribution in [2.75, 3.05) is 13.2 Å². The van der Waals surface area contributed by atoms with Gasteiger partial charge in [-0.05, 0) is 55.5 Å². The van der Waals surface area contributed by atoms with E-state index in [1.807, 2.05) is 0 Å². The van der Waals surface area contributed by atoms with E-state index in [-0.39, 0.29) is 22.4 Å². The van der Waals surface area contributed by atoms with E-state index >= 15 is 0 Å². The van der Waals surface area contributed by atoms with Gasteiger partial charge in [0, 0.05) is 23.3 Å². The van der Waals surface area contributed by atoms with Gasteiger partial charge in [-0.1, -0.05) is 0 Å². The molecular formula is C19H17F3O2. The third kappa shape index (κ3) is 2.14.